The smallest absolute Gasteiger partial charge is 0.360 e. The quantitative estimate of drug-likeness (QED) is 0.316. The van der Waals surface area contributed by atoms with Crippen LogP contribution in [0.2, 0.25) is 0 Å². The summed E-state index contributed by atoms with van der Waals surface area (Å²) >= 11 is 0. The Labute approximate surface area is 246 Å². The largest absolute Gasteiger partial charge is 0.494 e. The first-order chi connectivity index (χ1) is 18.6. The number of ether oxygens (including phenoxy) is 3. The van der Waals surface area contributed by atoms with Crippen molar-refractivity contribution < 1.29 is 28.6 Å². The summed E-state index contributed by atoms with van der Waals surface area (Å²) in [6.07, 6.45) is 0. The Balaban J connectivity index is 0.00000441. The van der Waals surface area contributed by atoms with Gasteiger partial charge in [0.15, 0.2) is 5.78 Å². The number of fused-ring (bicyclic) bond motifs is 1. The lowest BCUT2D eigenvalue weighted by atomic mass is 9.84. The Morgan fingerprint density at radius 3 is 2.42 bits per heavy atom. The van der Waals surface area contributed by atoms with Gasteiger partial charge in [0, 0.05) is 43.4 Å². The molecule has 2 aliphatic heterocycles. The molecule has 218 valence electrons. The summed E-state index contributed by atoms with van der Waals surface area (Å²) in [5.41, 5.74) is 6.15. The predicted molar refractivity (Wildman–Crippen MR) is 159 cm³/mol. The topological polar surface area (TPSA) is 113 Å². The van der Waals surface area contributed by atoms with Crippen LogP contribution in [0.3, 0.4) is 0 Å². The van der Waals surface area contributed by atoms with Crippen LogP contribution in [0.1, 0.15) is 65.1 Å². The van der Waals surface area contributed by atoms with Crippen LogP contribution < -0.4 is 19.9 Å². The van der Waals surface area contributed by atoms with Crippen LogP contribution in [0, 0.1) is 5.41 Å². The van der Waals surface area contributed by atoms with Crippen molar-refractivity contribution in [1.82, 2.24) is 10.4 Å². The third-order valence-electron chi connectivity index (χ3n) is 6.94. The standard InChI is InChI=1S/C29H38N4O6.BrH/c1-7-38-25-14-19-16-33(27(30)20(19)15-21(25)28(35)39-31-5)17-24(34)18-12-22(29(2,3)4)26(36-6)23(13-18)32-8-10-37-11-9-32;/h12-15,30-31H,7-11,16-17H2,1-6H3;1H. The molecule has 0 amide bonds. The number of carbonyl (C=O) groups is 2. The maximum absolute atomic E-state index is 13.7. The zero-order chi connectivity index (χ0) is 28.3. The molecule has 2 aliphatic rings. The van der Waals surface area contributed by atoms with Gasteiger partial charge in [0.2, 0.25) is 0 Å². The molecule has 1 fully saturated rings. The molecule has 4 rings (SSSR count). The molecule has 40 heavy (non-hydrogen) atoms. The molecular formula is C29H39BrN4O6. The SMILES string of the molecule is Br.CCOc1cc2c(cc1C(=O)ONC)C(=N)N(CC(=O)c1cc(N3CCOCC3)c(OC)c(C(C)(C)C)c1)C2. The molecule has 2 aromatic rings. The normalized spacial score (nSPS) is 14.9. The fraction of sp³-hybridized carbons (Fsp3) is 0.483. The number of carbonyl (C=O) groups excluding carboxylic acids is 2. The lowest BCUT2D eigenvalue weighted by Crippen LogP contribution is -2.37. The first kappa shape index (κ1) is 31.4. The first-order valence-electron chi connectivity index (χ1n) is 13.2. The number of amidine groups is 1. The zero-order valence-corrected chi connectivity index (χ0v) is 25.7. The monoisotopic (exact) mass is 618 g/mol. The van der Waals surface area contributed by atoms with E-state index < -0.39 is 5.97 Å². The van der Waals surface area contributed by atoms with Crippen LogP contribution in [0.15, 0.2) is 24.3 Å². The van der Waals surface area contributed by atoms with Gasteiger partial charge in [0.25, 0.3) is 0 Å². The molecule has 0 aromatic heterocycles. The van der Waals surface area contributed by atoms with Crippen LogP contribution in [0.5, 0.6) is 11.5 Å². The molecule has 0 spiro atoms. The number of nitrogens with one attached hydrogen (secondary N) is 2. The summed E-state index contributed by atoms with van der Waals surface area (Å²) in [7, 11) is 3.16. The second kappa shape index (κ2) is 13.0. The number of benzene rings is 2. The van der Waals surface area contributed by atoms with Gasteiger partial charge >= 0.3 is 5.97 Å². The van der Waals surface area contributed by atoms with Crippen molar-refractivity contribution in [2.75, 3.05) is 58.5 Å². The number of hydrogen-bond acceptors (Lipinski definition) is 9. The van der Waals surface area contributed by atoms with Gasteiger partial charge in [-0.2, -0.15) is 5.48 Å². The van der Waals surface area contributed by atoms with Crippen molar-refractivity contribution in [2.45, 2.75) is 39.7 Å². The van der Waals surface area contributed by atoms with Crippen LogP contribution in [-0.4, -0.2) is 76.1 Å². The third-order valence-corrected chi connectivity index (χ3v) is 6.94. The molecule has 2 aromatic carbocycles. The third kappa shape index (κ3) is 6.42. The maximum atomic E-state index is 13.7. The molecule has 10 nitrogen and oxygen atoms in total. The fourth-order valence-corrected chi connectivity index (χ4v) is 5.00. The number of halogens is 1. The van der Waals surface area contributed by atoms with E-state index in [1.165, 1.54) is 7.05 Å². The molecule has 11 heteroatoms. The highest BCUT2D eigenvalue weighted by molar-refractivity contribution is 8.93. The van der Waals surface area contributed by atoms with Gasteiger partial charge in [0.1, 0.15) is 22.9 Å². The summed E-state index contributed by atoms with van der Waals surface area (Å²) in [5.74, 6) is 0.631. The van der Waals surface area contributed by atoms with Crippen LogP contribution in [-0.2, 0) is 21.5 Å². The predicted octanol–water partition coefficient (Wildman–Crippen LogP) is 4.12. The second-order valence-electron chi connectivity index (χ2n) is 10.6. The number of rotatable bonds is 9. The van der Waals surface area contributed by atoms with Gasteiger partial charge < -0.3 is 28.8 Å². The highest BCUT2D eigenvalue weighted by Gasteiger charge is 2.31. The van der Waals surface area contributed by atoms with Crippen molar-refractivity contribution >= 4 is 40.3 Å². The molecule has 2 heterocycles. The van der Waals surface area contributed by atoms with Crippen LogP contribution in [0.4, 0.5) is 5.69 Å². The van der Waals surface area contributed by atoms with Gasteiger partial charge in [-0.05, 0) is 42.2 Å². The van der Waals surface area contributed by atoms with E-state index >= 15 is 0 Å². The molecule has 0 bridgehead atoms. The van der Waals surface area contributed by atoms with E-state index in [2.05, 4.69) is 31.2 Å². The molecule has 0 atom stereocenters. The van der Waals surface area contributed by atoms with Crippen molar-refractivity contribution in [3.63, 3.8) is 0 Å². The number of ketones is 1. The lowest BCUT2D eigenvalue weighted by Gasteiger charge is -2.33. The minimum Gasteiger partial charge on any atom is -0.494 e. The molecule has 2 N–H and O–H groups in total. The first-order valence-corrected chi connectivity index (χ1v) is 13.2. The highest BCUT2D eigenvalue weighted by atomic mass is 79.9. The minimum atomic E-state index is -0.602. The summed E-state index contributed by atoms with van der Waals surface area (Å²) < 4.78 is 17.1. The molecular weight excluding hydrogens is 580 g/mol. The van der Waals surface area contributed by atoms with Gasteiger partial charge in [-0.15, -0.1) is 17.0 Å². The molecule has 0 aliphatic carbocycles. The summed E-state index contributed by atoms with van der Waals surface area (Å²) in [5, 5.41) is 8.79. The Morgan fingerprint density at radius 2 is 1.82 bits per heavy atom. The summed E-state index contributed by atoms with van der Waals surface area (Å²) in [6, 6.07) is 7.17. The maximum Gasteiger partial charge on any atom is 0.360 e. The van der Waals surface area contributed by atoms with E-state index in [0.29, 0.717) is 56.3 Å². The zero-order valence-electron chi connectivity index (χ0n) is 24.0. The van der Waals surface area contributed by atoms with Crippen molar-refractivity contribution in [1.29, 1.82) is 5.41 Å². The minimum absolute atomic E-state index is 0. The van der Waals surface area contributed by atoms with Crippen molar-refractivity contribution in [3.05, 3.63) is 52.1 Å². The summed E-state index contributed by atoms with van der Waals surface area (Å²) in [4.78, 5) is 35.1. The summed E-state index contributed by atoms with van der Waals surface area (Å²) in [6.45, 7) is 11.5. The fourth-order valence-electron chi connectivity index (χ4n) is 5.00. The van der Waals surface area contributed by atoms with E-state index in [1.807, 2.05) is 19.1 Å². The molecule has 0 radical (unpaired) electrons. The lowest BCUT2D eigenvalue weighted by molar-refractivity contribution is 0.0305. The number of hydrogen-bond donors (Lipinski definition) is 2. The van der Waals surface area contributed by atoms with E-state index in [1.54, 1.807) is 24.1 Å². The number of anilines is 1. The van der Waals surface area contributed by atoms with E-state index in [4.69, 9.17) is 24.5 Å². The molecule has 1 saturated heterocycles. The second-order valence-corrected chi connectivity index (χ2v) is 10.6. The molecule has 0 saturated carbocycles. The van der Waals surface area contributed by atoms with E-state index in [-0.39, 0.29) is 46.1 Å². The van der Waals surface area contributed by atoms with Gasteiger partial charge in [-0.3, -0.25) is 10.2 Å². The van der Waals surface area contributed by atoms with Crippen LogP contribution >= 0.6 is 17.0 Å². The van der Waals surface area contributed by atoms with Gasteiger partial charge in [-0.25, -0.2) is 4.79 Å². The van der Waals surface area contributed by atoms with Crippen molar-refractivity contribution in [2.24, 2.45) is 0 Å². The number of nitrogens with zero attached hydrogens (tertiary/aromatic N) is 2. The van der Waals surface area contributed by atoms with E-state index in [9.17, 15) is 9.59 Å². The average Bonchev–Trinajstić information content (AvgIpc) is 3.21. The Bertz CT molecular complexity index is 1270. The number of morpholine rings is 1. The van der Waals surface area contributed by atoms with Crippen molar-refractivity contribution in [3.8, 4) is 11.5 Å². The molecule has 0 unspecified atom stereocenters. The van der Waals surface area contributed by atoms with E-state index in [0.717, 1.165) is 22.6 Å². The van der Waals surface area contributed by atoms with Crippen LogP contribution in [0.25, 0.3) is 0 Å². The van der Waals surface area contributed by atoms with Gasteiger partial charge in [0.05, 0.1) is 39.2 Å². The highest BCUT2D eigenvalue weighted by Crippen LogP contribution is 2.41. The number of methoxy groups -OCH3 is 1. The Kier molecular flexibility index (Phi) is 10.2. The number of Topliss-reactive ketones (excluding diaryl/α,β-unsaturated/α-hetero) is 1. The Morgan fingerprint density at radius 1 is 1.12 bits per heavy atom. The van der Waals surface area contributed by atoms with Gasteiger partial charge in [-0.1, -0.05) is 20.8 Å². The average molecular weight is 620 g/mol. The Hall–Kier alpha value is -3.15. The number of hydroxylamine groups is 1.